The average molecular weight is 291 g/mol. The quantitative estimate of drug-likeness (QED) is 0.922. The second kappa shape index (κ2) is 7.25. The van der Waals surface area contributed by atoms with Gasteiger partial charge in [-0.05, 0) is 51.6 Å². The summed E-state index contributed by atoms with van der Waals surface area (Å²) in [5.74, 6) is 0.901. The number of methoxy groups -OCH3 is 1. The van der Waals surface area contributed by atoms with Crippen molar-refractivity contribution in [3.8, 4) is 5.75 Å². The smallest absolute Gasteiger partial charge is 0.119 e. The highest BCUT2D eigenvalue weighted by molar-refractivity contribution is 5.31. The zero-order valence-electron chi connectivity index (χ0n) is 13.7. The van der Waals surface area contributed by atoms with Gasteiger partial charge >= 0.3 is 0 Å². The maximum absolute atomic E-state index is 6.34. The van der Waals surface area contributed by atoms with Gasteiger partial charge in [-0.25, -0.2) is 0 Å². The molecule has 1 aliphatic heterocycles. The number of ether oxygens (including phenoxy) is 1. The minimum absolute atomic E-state index is 0.0861. The van der Waals surface area contributed by atoms with Crippen LogP contribution in [0.3, 0.4) is 0 Å². The van der Waals surface area contributed by atoms with Crippen LogP contribution in [0, 0.1) is 0 Å². The van der Waals surface area contributed by atoms with Gasteiger partial charge in [-0.3, -0.25) is 4.90 Å². The van der Waals surface area contributed by atoms with Gasteiger partial charge in [0.1, 0.15) is 5.75 Å². The van der Waals surface area contributed by atoms with Crippen LogP contribution in [0.4, 0.5) is 0 Å². The van der Waals surface area contributed by atoms with Crippen molar-refractivity contribution in [1.29, 1.82) is 0 Å². The lowest BCUT2D eigenvalue weighted by Crippen LogP contribution is -2.46. The Balaban J connectivity index is 2.28. The number of nitrogens with two attached hydrogens (primary N) is 1. The summed E-state index contributed by atoms with van der Waals surface area (Å²) in [6.07, 6.45) is 1.19. The first-order valence-corrected chi connectivity index (χ1v) is 7.86. The molecule has 4 nitrogen and oxygen atoms in total. The van der Waals surface area contributed by atoms with Gasteiger partial charge in [0.05, 0.1) is 13.2 Å². The predicted molar refractivity (Wildman–Crippen MR) is 87.7 cm³/mol. The van der Waals surface area contributed by atoms with Crippen molar-refractivity contribution >= 4 is 0 Å². The molecule has 3 atom stereocenters. The third-order valence-corrected chi connectivity index (χ3v) is 4.39. The van der Waals surface area contributed by atoms with Gasteiger partial charge in [0, 0.05) is 25.2 Å². The van der Waals surface area contributed by atoms with Gasteiger partial charge in [-0.2, -0.15) is 0 Å². The Hall–Kier alpha value is -1.10. The fourth-order valence-corrected chi connectivity index (χ4v) is 3.43. The molecule has 1 fully saturated rings. The zero-order valence-corrected chi connectivity index (χ0v) is 13.7. The van der Waals surface area contributed by atoms with E-state index in [-0.39, 0.29) is 12.1 Å². The van der Waals surface area contributed by atoms with E-state index in [0.29, 0.717) is 6.04 Å². The lowest BCUT2D eigenvalue weighted by Gasteiger charge is -2.38. The van der Waals surface area contributed by atoms with Crippen molar-refractivity contribution < 1.29 is 4.74 Å². The molecule has 1 aromatic carbocycles. The SMILES string of the molecule is COc1cccc(C(C(C)N)N2CCCN(C)CC2C)c1. The first kappa shape index (κ1) is 16.3. The van der Waals surface area contributed by atoms with E-state index in [0.717, 1.165) is 25.4 Å². The van der Waals surface area contributed by atoms with Crippen LogP contribution >= 0.6 is 0 Å². The molecule has 0 amide bonds. The van der Waals surface area contributed by atoms with Crippen LogP contribution in [0.25, 0.3) is 0 Å². The maximum Gasteiger partial charge on any atom is 0.119 e. The van der Waals surface area contributed by atoms with Gasteiger partial charge in [0.25, 0.3) is 0 Å². The monoisotopic (exact) mass is 291 g/mol. The molecule has 0 bridgehead atoms. The molecule has 118 valence electrons. The van der Waals surface area contributed by atoms with Crippen LogP contribution in [0.2, 0.25) is 0 Å². The van der Waals surface area contributed by atoms with Crippen LogP contribution in [0.15, 0.2) is 24.3 Å². The Morgan fingerprint density at radius 1 is 1.33 bits per heavy atom. The number of hydrogen-bond acceptors (Lipinski definition) is 4. The number of hydrogen-bond donors (Lipinski definition) is 1. The average Bonchev–Trinajstić information content (AvgIpc) is 2.60. The maximum atomic E-state index is 6.34. The van der Waals surface area contributed by atoms with Crippen molar-refractivity contribution in [3.63, 3.8) is 0 Å². The highest BCUT2D eigenvalue weighted by Gasteiger charge is 2.30. The van der Waals surface area contributed by atoms with E-state index < -0.39 is 0 Å². The molecule has 0 saturated carbocycles. The summed E-state index contributed by atoms with van der Waals surface area (Å²) >= 11 is 0. The largest absolute Gasteiger partial charge is 0.497 e. The minimum atomic E-state index is 0.0861. The van der Waals surface area contributed by atoms with Crippen LogP contribution < -0.4 is 10.5 Å². The summed E-state index contributed by atoms with van der Waals surface area (Å²) in [5, 5.41) is 0. The Morgan fingerprint density at radius 2 is 2.10 bits per heavy atom. The normalized spacial score (nSPS) is 24.3. The molecule has 1 saturated heterocycles. The molecular formula is C17H29N3O. The summed E-state index contributed by atoms with van der Waals surface area (Å²) < 4.78 is 5.37. The lowest BCUT2D eigenvalue weighted by molar-refractivity contribution is 0.127. The minimum Gasteiger partial charge on any atom is -0.497 e. The molecule has 0 radical (unpaired) electrons. The van der Waals surface area contributed by atoms with Crippen LogP contribution in [0.5, 0.6) is 5.75 Å². The molecular weight excluding hydrogens is 262 g/mol. The molecule has 1 aliphatic rings. The summed E-state index contributed by atoms with van der Waals surface area (Å²) in [4.78, 5) is 4.97. The van der Waals surface area contributed by atoms with Crippen LogP contribution in [-0.2, 0) is 0 Å². The first-order chi connectivity index (χ1) is 10.0. The third kappa shape index (κ3) is 3.96. The molecule has 21 heavy (non-hydrogen) atoms. The van der Waals surface area contributed by atoms with Gasteiger partial charge in [-0.15, -0.1) is 0 Å². The molecule has 0 aliphatic carbocycles. The van der Waals surface area contributed by atoms with Gasteiger partial charge in [0.15, 0.2) is 0 Å². The lowest BCUT2D eigenvalue weighted by atomic mass is 9.97. The Morgan fingerprint density at radius 3 is 2.76 bits per heavy atom. The number of nitrogens with zero attached hydrogens (tertiary/aromatic N) is 2. The highest BCUT2D eigenvalue weighted by atomic mass is 16.5. The standard InChI is InChI=1S/C17H29N3O/c1-13-12-19(3)9-6-10-20(13)17(14(2)18)15-7-5-8-16(11-15)21-4/h5,7-8,11,13-14,17H,6,9-10,12,18H2,1-4H3. The number of rotatable bonds is 4. The first-order valence-electron chi connectivity index (χ1n) is 7.86. The highest BCUT2D eigenvalue weighted by Crippen LogP contribution is 2.29. The molecule has 2 N–H and O–H groups in total. The Kier molecular flexibility index (Phi) is 5.62. The van der Waals surface area contributed by atoms with Gasteiger partial charge in [-0.1, -0.05) is 12.1 Å². The van der Waals surface area contributed by atoms with E-state index in [4.69, 9.17) is 10.5 Å². The van der Waals surface area contributed by atoms with Crippen molar-refractivity contribution in [2.24, 2.45) is 5.73 Å². The molecule has 4 heteroatoms. The topological polar surface area (TPSA) is 41.7 Å². The van der Waals surface area contributed by atoms with E-state index >= 15 is 0 Å². The molecule has 3 unspecified atom stereocenters. The Bertz CT molecular complexity index is 449. The summed E-state index contributed by atoms with van der Waals surface area (Å²) in [6, 6.07) is 9.15. The van der Waals surface area contributed by atoms with Crippen molar-refractivity contribution in [1.82, 2.24) is 9.80 Å². The van der Waals surface area contributed by atoms with E-state index in [2.05, 4.69) is 48.9 Å². The zero-order chi connectivity index (χ0) is 15.4. The van der Waals surface area contributed by atoms with Crippen LogP contribution in [-0.4, -0.2) is 55.7 Å². The summed E-state index contributed by atoms with van der Waals surface area (Å²) in [7, 11) is 3.91. The van der Waals surface area contributed by atoms with Crippen molar-refractivity contribution in [2.75, 3.05) is 33.8 Å². The van der Waals surface area contributed by atoms with Gasteiger partial charge in [0.2, 0.25) is 0 Å². The number of likely N-dealkylation sites (N-methyl/N-ethyl adjacent to an activating group) is 1. The van der Waals surface area contributed by atoms with Crippen LogP contribution in [0.1, 0.15) is 31.9 Å². The summed E-state index contributed by atoms with van der Waals surface area (Å²) in [6.45, 7) is 7.75. The van der Waals surface area contributed by atoms with E-state index in [1.165, 1.54) is 12.0 Å². The van der Waals surface area contributed by atoms with E-state index in [1.807, 2.05) is 6.07 Å². The second-order valence-electron chi connectivity index (χ2n) is 6.28. The molecule has 1 heterocycles. The molecule has 0 spiro atoms. The van der Waals surface area contributed by atoms with E-state index in [9.17, 15) is 0 Å². The number of benzene rings is 1. The molecule has 1 aromatic rings. The van der Waals surface area contributed by atoms with Gasteiger partial charge < -0.3 is 15.4 Å². The molecule has 0 aromatic heterocycles. The molecule has 2 rings (SSSR count). The second-order valence-corrected chi connectivity index (χ2v) is 6.28. The summed E-state index contributed by atoms with van der Waals surface area (Å²) in [5.41, 5.74) is 7.59. The van der Waals surface area contributed by atoms with Crippen molar-refractivity contribution in [3.05, 3.63) is 29.8 Å². The predicted octanol–water partition coefficient (Wildman–Crippen LogP) is 2.11. The Labute approximate surface area is 128 Å². The van der Waals surface area contributed by atoms with E-state index in [1.54, 1.807) is 7.11 Å². The third-order valence-electron chi connectivity index (χ3n) is 4.39. The fraction of sp³-hybridized carbons (Fsp3) is 0.647. The fourth-order valence-electron chi connectivity index (χ4n) is 3.43. The van der Waals surface area contributed by atoms with Crippen molar-refractivity contribution in [2.45, 2.75) is 38.4 Å².